The van der Waals surface area contributed by atoms with E-state index < -0.39 is 10.0 Å². The zero-order valence-electron chi connectivity index (χ0n) is 12.3. The Morgan fingerprint density at radius 2 is 2.24 bits per heavy atom. The van der Waals surface area contributed by atoms with Gasteiger partial charge in [-0.15, -0.1) is 0 Å². The summed E-state index contributed by atoms with van der Waals surface area (Å²) >= 11 is 0. The van der Waals surface area contributed by atoms with Crippen molar-refractivity contribution in [1.29, 1.82) is 0 Å². The van der Waals surface area contributed by atoms with Crippen LogP contribution in [0.2, 0.25) is 0 Å². The number of rotatable bonds is 6. The summed E-state index contributed by atoms with van der Waals surface area (Å²) in [5.41, 5.74) is 0.814. The van der Waals surface area contributed by atoms with Gasteiger partial charge in [-0.05, 0) is 37.1 Å². The molecule has 0 unspecified atom stereocenters. The van der Waals surface area contributed by atoms with E-state index in [0.29, 0.717) is 24.8 Å². The van der Waals surface area contributed by atoms with Gasteiger partial charge in [-0.25, -0.2) is 17.5 Å². The fourth-order valence-electron chi connectivity index (χ4n) is 2.60. The van der Waals surface area contributed by atoms with Gasteiger partial charge in [0.05, 0.1) is 13.4 Å². The second-order valence-electron chi connectivity index (χ2n) is 5.47. The Morgan fingerprint density at radius 3 is 2.90 bits per heavy atom. The van der Waals surface area contributed by atoms with E-state index in [2.05, 4.69) is 9.62 Å². The van der Waals surface area contributed by atoms with E-state index in [4.69, 9.17) is 4.74 Å². The molecule has 0 bridgehead atoms. The minimum atomic E-state index is -3.14. The lowest BCUT2D eigenvalue weighted by Crippen LogP contribution is -2.30. The Balaban J connectivity index is 1.92. The highest BCUT2D eigenvalue weighted by molar-refractivity contribution is 7.88. The Kier molecular flexibility index (Phi) is 5.18. The molecule has 1 atom stereocenters. The van der Waals surface area contributed by atoms with Crippen LogP contribution < -0.4 is 9.46 Å². The Bertz CT molecular complexity index is 592. The third-order valence-electron chi connectivity index (χ3n) is 3.64. The van der Waals surface area contributed by atoms with E-state index in [9.17, 15) is 12.8 Å². The predicted molar refractivity (Wildman–Crippen MR) is 79.2 cm³/mol. The fourth-order valence-corrected chi connectivity index (χ4v) is 3.14. The highest BCUT2D eigenvalue weighted by Gasteiger charge is 2.24. The van der Waals surface area contributed by atoms with Crippen molar-refractivity contribution in [3.8, 4) is 5.75 Å². The van der Waals surface area contributed by atoms with Gasteiger partial charge in [0.2, 0.25) is 10.0 Å². The first kappa shape index (κ1) is 16.2. The number of methoxy groups -OCH3 is 1. The third-order valence-corrected chi connectivity index (χ3v) is 4.33. The van der Waals surface area contributed by atoms with Crippen molar-refractivity contribution in [2.75, 3.05) is 33.0 Å². The summed E-state index contributed by atoms with van der Waals surface area (Å²) in [6.07, 6.45) is 2.09. The van der Waals surface area contributed by atoms with Crippen LogP contribution in [0.25, 0.3) is 0 Å². The molecule has 0 aromatic heterocycles. The van der Waals surface area contributed by atoms with Crippen molar-refractivity contribution in [3.63, 3.8) is 0 Å². The van der Waals surface area contributed by atoms with Crippen LogP contribution in [0.15, 0.2) is 18.2 Å². The summed E-state index contributed by atoms with van der Waals surface area (Å²) in [5.74, 6) is 0.689. The number of ether oxygens (including phenoxy) is 1. The minimum absolute atomic E-state index is 0.278. The molecule has 0 radical (unpaired) electrons. The summed E-state index contributed by atoms with van der Waals surface area (Å²) in [7, 11) is -1.57. The number of halogens is 1. The first-order valence-electron chi connectivity index (χ1n) is 6.87. The van der Waals surface area contributed by atoms with Crippen LogP contribution in [0, 0.1) is 11.7 Å². The van der Waals surface area contributed by atoms with Gasteiger partial charge >= 0.3 is 0 Å². The average Bonchev–Trinajstić information content (AvgIpc) is 2.84. The second-order valence-corrected chi connectivity index (χ2v) is 7.30. The molecule has 1 heterocycles. The number of nitrogens with one attached hydrogen (secondary N) is 1. The lowest BCUT2D eigenvalue weighted by Gasteiger charge is -2.18. The number of benzene rings is 1. The zero-order valence-corrected chi connectivity index (χ0v) is 13.1. The lowest BCUT2D eigenvalue weighted by molar-refractivity contribution is 0.307. The maximum absolute atomic E-state index is 13.3. The van der Waals surface area contributed by atoms with Gasteiger partial charge in [-0.3, -0.25) is 4.90 Å². The number of sulfonamides is 1. The maximum Gasteiger partial charge on any atom is 0.208 e. The molecule has 0 spiro atoms. The van der Waals surface area contributed by atoms with Gasteiger partial charge in [-0.2, -0.15) is 0 Å². The van der Waals surface area contributed by atoms with E-state index in [1.807, 2.05) is 0 Å². The Labute approximate surface area is 125 Å². The van der Waals surface area contributed by atoms with E-state index in [-0.39, 0.29) is 5.82 Å². The molecule has 1 aromatic carbocycles. The minimum Gasteiger partial charge on any atom is -0.496 e. The normalized spacial score (nSPS) is 19.9. The summed E-state index contributed by atoms with van der Waals surface area (Å²) in [5, 5.41) is 0. The second kappa shape index (κ2) is 6.72. The Morgan fingerprint density at radius 1 is 1.48 bits per heavy atom. The van der Waals surface area contributed by atoms with Crippen LogP contribution in [-0.2, 0) is 16.6 Å². The first-order valence-corrected chi connectivity index (χ1v) is 8.76. The van der Waals surface area contributed by atoms with Crippen LogP contribution in [0.4, 0.5) is 4.39 Å². The summed E-state index contributed by atoms with van der Waals surface area (Å²) in [4.78, 5) is 2.19. The summed E-state index contributed by atoms with van der Waals surface area (Å²) in [6.45, 7) is 2.73. The van der Waals surface area contributed by atoms with Gasteiger partial charge in [0.1, 0.15) is 11.6 Å². The van der Waals surface area contributed by atoms with Crippen molar-refractivity contribution in [2.24, 2.45) is 5.92 Å². The largest absolute Gasteiger partial charge is 0.496 e. The lowest BCUT2D eigenvalue weighted by atomic mass is 10.1. The van der Waals surface area contributed by atoms with Gasteiger partial charge in [0.15, 0.2) is 0 Å². The van der Waals surface area contributed by atoms with Crippen molar-refractivity contribution >= 4 is 10.0 Å². The first-order chi connectivity index (χ1) is 9.87. The Hall–Kier alpha value is -1.18. The zero-order chi connectivity index (χ0) is 15.5. The highest BCUT2D eigenvalue weighted by Crippen LogP contribution is 2.24. The van der Waals surface area contributed by atoms with E-state index in [1.54, 1.807) is 13.2 Å². The van der Waals surface area contributed by atoms with Crippen molar-refractivity contribution in [2.45, 2.75) is 13.0 Å². The topological polar surface area (TPSA) is 58.6 Å². The van der Waals surface area contributed by atoms with Crippen LogP contribution in [0.1, 0.15) is 12.0 Å². The smallest absolute Gasteiger partial charge is 0.208 e. The molecule has 21 heavy (non-hydrogen) atoms. The molecule has 0 saturated carbocycles. The predicted octanol–water partition coefficient (Wildman–Crippen LogP) is 1.21. The molecule has 1 aliphatic rings. The van der Waals surface area contributed by atoms with Crippen molar-refractivity contribution in [3.05, 3.63) is 29.6 Å². The van der Waals surface area contributed by atoms with Crippen LogP contribution in [0.3, 0.4) is 0 Å². The molecule has 1 aromatic rings. The number of hydrogen-bond acceptors (Lipinski definition) is 4. The van der Waals surface area contributed by atoms with E-state index in [0.717, 1.165) is 31.3 Å². The fraction of sp³-hybridized carbons (Fsp3) is 0.571. The third kappa shape index (κ3) is 4.94. The standard InChI is InChI=1S/C14H21FN2O3S/c1-20-14-4-3-13(15)7-12(14)10-17-6-5-11(9-17)8-16-21(2,18)19/h3-4,7,11,16H,5-6,8-10H2,1-2H3/t11-/m1/s1. The molecule has 5 nitrogen and oxygen atoms in total. The molecule has 0 aliphatic carbocycles. The number of likely N-dealkylation sites (tertiary alicyclic amines) is 1. The number of hydrogen-bond donors (Lipinski definition) is 1. The molecule has 1 saturated heterocycles. The SMILES string of the molecule is COc1ccc(F)cc1CN1CC[C@H](CNS(C)(=O)=O)C1. The molecule has 1 N–H and O–H groups in total. The van der Waals surface area contributed by atoms with Crippen LogP contribution in [-0.4, -0.2) is 46.3 Å². The average molecular weight is 316 g/mol. The molecule has 1 fully saturated rings. The van der Waals surface area contributed by atoms with Gasteiger partial charge < -0.3 is 4.74 Å². The maximum atomic E-state index is 13.3. The molecule has 0 amide bonds. The summed E-state index contributed by atoms with van der Waals surface area (Å²) < 4.78 is 43.3. The van der Waals surface area contributed by atoms with Crippen molar-refractivity contribution in [1.82, 2.24) is 9.62 Å². The van der Waals surface area contributed by atoms with Gasteiger partial charge in [0.25, 0.3) is 0 Å². The van der Waals surface area contributed by atoms with Crippen molar-refractivity contribution < 1.29 is 17.5 Å². The highest BCUT2D eigenvalue weighted by atomic mass is 32.2. The molecular weight excluding hydrogens is 295 g/mol. The van der Waals surface area contributed by atoms with Gasteiger partial charge in [-0.1, -0.05) is 0 Å². The van der Waals surface area contributed by atoms with E-state index >= 15 is 0 Å². The number of nitrogens with zero attached hydrogens (tertiary/aromatic N) is 1. The molecule has 2 rings (SSSR count). The molecule has 118 valence electrons. The monoisotopic (exact) mass is 316 g/mol. The quantitative estimate of drug-likeness (QED) is 0.857. The summed E-state index contributed by atoms with van der Waals surface area (Å²) in [6, 6.07) is 4.50. The van der Waals surface area contributed by atoms with E-state index in [1.165, 1.54) is 12.1 Å². The molecule has 7 heteroatoms. The van der Waals surface area contributed by atoms with Crippen LogP contribution in [0.5, 0.6) is 5.75 Å². The van der Waals surface area contributed by atoms with Gasteiger partial charge in [0, 0.05) is 25.2 Å². The molecular formula is C14H21FN2O3S. The molecule has 1 aliphatic heterocycles. The van der Waals surface area contributed by atoms with Crippen LogP contribution >= 0.6 is 0 Å².